The Labute approximate surface area is 171 Å². The van der Waals surface area contributed by atoms with E-state index in [-0.39, 0.29) is 17.0 Å². The molecule has 0 spiro atoms. The summed E-state index contributed by atoms with van der Waals surface area (Å²) in [6.07, 6.45) is 2.81. The lowest BCUT2D eigenvalue weighted by molar-refractivity contribution is 0.131. The molecule has 1 saturated carbocycles. The van der Waals surface area contributed by atoms with Gasteiger partial charge in [-0.1, -0.05) is 0 Å². The minimum absolute atomic E-state index is 0.0157. The van der Waals surface area contributed by atoms with E-state index in [1.165, 1.54) is 26.4 Å². The lowest BCUT2D eigenvalue weighted by Gasteiger charge is -2.28. The van der Waals surface area contributed by atoms with Gasteiger partial charge in [0.25, 0.3) is 0 Å². The van der Waals surface area contributed by atoms with Gasteiger partial charge in [-0.25, -0.2) is 23.1 Å². The molecule has 0 atom stereocenters. The van der Waals surface area contributed by atoms with Gasteiger partial charge in [0.15, 0.2) is 11.5 Å². The molecule has 0 amide bonds. The summed E-state index contributed by atoms with van der Waals surface area (Å²) in [5.74, 6) is 0.860. The molecule has 29 heavy (non-hydrogen) atoms. The quantitative estimate of drug-likeness (QED) is 0.734. The van der Waals surface area contributed by atoms with Crippen LogP contribution in [0.4, 0.5) is 0 Å². The lowest BCUT2D eigenvalue weighted by atomic mass is 9.94. The third kappa shape index (κ3) is 5.36. The molecule has 1 fully saturated rings. The van der Waals surface area contributed by atoms with Gasteiger partial charge in [-0.15, -0.1) is 0 Å². The van der Waals surface area contributed by atoms with Crippen molar-refractivity contribution in [3.05, 3.63) is 35.7 Å². The number of benzene rings is 1. The summed E-state index contributed by atoms with van der Waals surface area (Å²) in [5.41, 5.74) is 1.73. The van der Waals surface area contributed by atoms with Gasteiger partial charge in [-0.2, -0.15) is 0 Å². The van der Waals surface area contributed by atoms with Gasteiger partial charge < -0.3 is 14.2 Å². The van der Waals surface area contributed by atoms with E-state index < -0.39 is 10.0 Å². The number of methoxy groups -OCH3 is 2. The summed E-state index contributed by atoms with van der Waals surface area (Å²) in [6.45, 7) is 3.81. The summed E-state index contributed by atoms with van der Waals surface area (Å²) >= 11 is 0. The van der Waals surface area contributed by atoms with Crippen LogP contribution in [0, 0.1) is 13.8 Å². The predicted octanol–water partition coefficient (Wildman–Crippen LogP) is 2.78. The first-order valence-corrected chi connectivity index (χ1v) is 11.0. The second-order valence-corrected chi connectivity index (χ2v) is 8.88. The number of nitrogens with zero attached hydrogens (tertiary/aromatic N) is 2. The molecule has 1 N–H and O–H groups in total. The molecule has 1 aliphatic rings. The molecule has 8 nitrogen and oxygen atoms in total. The molecular weight excluding hydrogens is 394 g/mol. The second kappa shape index (κ2) is 8.96. The van der Waals surface area contributed by atoms with E-state index in [9.17, 15) is 8.42 Å². The van der Waals surface area contributed by atoms with Crippen LogP contribution in [0.3, 0.4) is 0 Å². The van der Waals surface area contributed by atoms with Crippen molar-refractivity contribution < 1.29 is 22.6 Å². The van der Waals surface area contributed by atoms with Crippen LogP contribution in [0.15, 0.2) is 29.2 Å². The van der Waals surface area contributed by atoms with Gasteiger partial charge >= 0.3 is 6.01 Å². The zero-order chi connectivity index (χ0) is 21.0. The molecule has 0 bridgehead atoms. The molecule has 0 aliphatic heterocycles. The topological polar surface area (TPSA) is 99.6 Å². The summed E-state index contributed by atoms with van der Waals surface area (Å²) in [7, 11) is -0.674. The fourth-order valence-corrected chi connectivity index (χ4v) is 4.79. The maximum absolute atomic E-state index is 12.8. The Kier molecular flexibility index (Phi) is 6.59. The smallest absolute Gasteiger partial charge is 0.317 e. The monoisotopic (exact) mass is 421 g/mol. The van der Waals surface area contributed by atoms with E-state index in [0.29, 0.717) is 30.4 Å². The molecule has 158 valence electrons. The minimum Gasteiger partial charge on any atom is -0.493 e. The van der Waals surface area contributed by atoms with Gasteiger partial charge in [0, 0.05) is 23.5 Å². The first-order valence-electron chi connectivity index (χ1n) is 9.54. The standard InChI is InChI=1S/C20H27N3O5S/c1-13-11-14(2)22-20(21-13)28-16-7-5-15(6-8-16)23-29(24,25)17-9-10-18(26-3)19(12-17)27-4/h9-12,15-16,23H,5-8H2,1-4H3. The highest BCUT2D eigenvalue weighted by molar-refractivity contribution is 7.89. The van der Waals surface area contributed by atoms with Crippen molar-refractivity contribution >= 4 is 10.0 Å². The molecule has 3 rings (SSSR count). The van der Waals surface area contributed by atoms with Crippen LogP contribution in [-0.2, 0) is 10.0 Å². The molecule has 0 unspecified atom stereocenters. The number of nitrogens with one attached hydrogen (secondary N) is 1. The Hall–Kier alpha value is -2.39. The average molecular weight is 422 g/mol. The van der Waals surface area contributed by atoms with Gasteiger partial charge in [0.05, 0.1) is 19.1 Å². The SMILES string of the molecule is COc1ccc(S(=O)(=O)NC2CCC(Oc3nc(C)cc(C)n3)CC2)cc1OC. The van der Waals surface area contributed by atoms with E-state index >= 15 is 0 Å². The van der Waals surface area contributed by atoms with Crippen LogP contribution in [0.1, 0.15) is 37.1 Å². The number of ether oxygens (including phenoxy) is 3. The Morgan fingerprint density at radius 2 is 1.55 bits per heavy atom. The molecule has 0 saturated heterocycles. The normalized spacial score (nSPS) is 19.6. The number of hydrogen-bond acceptors (Lipinski definition) is 7. The molecule has 1 aliphatic carbocycles. The highest BCUT2D eigenvalue weighted by Gasteiger charge is 2.27. The fourth-order valence-electron chi connectivity index (χ4n) is 3.47. The zero-order valence-corrected chi connectivity index (χ0v) is 18.0. The zero-order valence-electron chi connectivity index (χ0n) is 17.1. The van der Waals surface area contributed by atoms with Crippen molar-refractivity contribution in [1.29, 1.82) is 0 Å². The van der Waals surface area contributed by atoms with Gasteiger partial charge in [-0.05, 0) is 57.7 Å². The maximum Gasteiger partial charge on any atom is 0.317 e. The highest BCUT2D eigenvalue weighted by Crippen LogP contribution is 2.30. The predicted molar refractivity (Wildman–Crippen MR) is 108 cm³/mol. The number of aromatic nitrogens is 2. The molecule has 2 aromatic rings. The number of sulfonamides is 1. The number of rotatable bonds is 7. The summed E-state index contributed by atoms with van der Waals surface area (Å²) in [4.78, 5) is 8.77. The summed E-state index contributed by atoms with van der Waals surface area (Å²) in [5, 5.41) is 0. The first kappa shape index (κ1) is 21.3. The fraction of sp³-hybridized carbons (Fsp3) is 0.500. The van der Waals surface area contributed by atoms with Crippen LogP contribution in [0.5, 0.6) is 17.5 Å². The lowest BCUT2D eigenvalue weighted by Crippen LogP contribution is -2.39. The van der Waals surface area contributed by atoms with Gasteiger partial charge in [-0.3, -0.25) is 0 Å². The third-order valence-electron chi connectivity index (χ3n) is 4.90. The maximum atomic E-state index is 12.8. The largest absolute Gasteiger partial charge is 0.493 e. The molecule has 9 heteroatoms. The molecule has 0 radical (unpaired) electrons. The average Bonchev–Trinajstić information content (AvgIpc) is 2.68. The van der Waals surface area contributed by atoms with Crippen LogP contribution < -0.4 is 18.9 Å². The van der Waals surface area contributed by atoms with Crippen LogP contribution >= 0.6 is 0 Å². The molecule has 1 aromatic carbocycles. The van der Waals surface area contributed by atoms with Crippen LogP contribution in [-0.4, -0.2) is 44.8 Å². The molecule has 1 heterocycles. The van der Waals surface area contributed by atoms with E-state index in [0.717, 1.165) is 24.2 Å². The van der Waals surface area contributed by atoms with Crippen LogP contribution in [0.2, 0.25) is 0 Å². The Morgan fingerprint density at radius 3 is 2.14 bits per heavy atom. The summed E-state index contributed by atoms with van der Waals surface area (Å²) < 4.78 is 44.6. The summed E-state index contributed by atoms with van der Waals surface area (Å²) in [6, 6.07) is 6.70. The van der Waals surface area contributed by atoms with Crippen molar-refractivity contribution in [2.75, 3.05) is 14.2 Å². The Bertz CT molecular complexity index is 936. The Balaban J connectivity index is 1.59. The minimum atomic E-state index is -3.66. The highest BCUT2D eigenvalue weighted by atomic mass is 32.2. The van der Waals surface area contributed by atoms with Gasteiger partial charge in [0.1, 0.15) is 6.10 Å². The Morgan fingerprint density at radius 1 is 0.931 bits per heavy atom. The first-order chi connectivity index (χ1) is 13.8. The van der Waals surface area contributed by atoms with E-state index in [1.54, 1.807) is 6.07 Å². The second-order valence-electron chi connectivity index (χ2n) is 7.16. The van der Waals surface area contributed by atoms with Gasteiger partial charge in [0.2, 0.25) is 10.0 Å². The number of hydrogen-bond donors (Lipinski definition) is 1. The van der Waals surface area contributed by atoms with Crippen molar-refractivity contribution in [1.82, 2.24) is 14.7 Å². The molecular formula is C20H27N3O5S. The third-order valence-corrected chi connectivity index (χ3v) is 6.41. The van der Waals surface area contributed by atoms with E-state index in [2.05, 4.69) is 14.7 Å². The van der Waals surface area contributed by atoms with E-state index in [1.807, 2.05) is 19.9 Å². The number of aryl methyl sites for hydroxylation is 2. The van der Waals surface area contributed by atoms with E-state index in [4.69, 9.17) is 14.2 Å². The van der Waals surface area contributed by atoms with Crippen molar-refractivity contribution in [3.63, 3.8) is 0 Å². The molecule has 1 aromatic heterocycles. The van der Waals surface area contributed by atoms with Crippen LogP contribution in [0.25, 0.3) is 0 Å². The van der Waals surface area contributed by atoms with Crippen molar-refractivity contribution in [3.8, 4) is 17.5 Å². The van der Waals surface area contributed by atoms with Crippen molar-refractivity contribution in [2.45, 2.75) is 56.6 Å². The van der Waals surface area contributed by atoms with Crippen molar-refractivity contribution in [2.24, 2.45) is 0 Å².